The molecule has 1 amide bonds. The van der Waals surface area contributed by atoms with Gasteiger partial charge in [0.1, 0.15) is 5.71 Å². The summed E-state index contributed by atoms with van der Waals surface area (Å²) in [5.74, 6) is -1.26. The maximum Gasteiger partial charge on any atom is 0.354 e. The van der Waals surface area contributed by atoms with E-state index in [0.717, 1.165) is 17.1 Å². The molecule has 7 nitrogen and oxygen atoms in total. The SMILES string of the molecule is Cc1cc(C(=O)COC(=O)C2=NNC(=O)CC2)c(C)n1-c1ccc(Cl)cc1. The van der Waals surface area contributed by atoms with E-state index in [4.69, 9.17) is 16.3 Å². The number of carbonyl (C=O) groups is 3. The molecule has 0 spiro atoms. The van der Waals surface area contributed by atoms with Crippen LogP contribution in [0.15, 0.2) is 35.4 Å². The monoisotopic (exact) mass is 387 g/mol. The number of nitrogens with zero attached hydrogens (tertiary/aromatic N) is 2. The highest BCUT2D eigenvalue weighted by atomic mass is 35.5. The number of rotatable bonds is 5. The molecule has 1 aliphatic rings. The number of carbonyl (C=O) groups excluding carboxylic acids is 3. The zero-order chi connectivity index (χ0) is 19.6. The van der Waals surface area contributed by atoms with E-state index in [-0.39, 0.29) is 30.2 Å². The summed E-state index contributed by atoms with van der Waals surface area (Å²) < 4.78 is 7.00. The van der Waals surface area contributed by atoms with Crippen LogP contribution in [0.3, 0.4) is 0 Å². The quantitative estimate of drug-likeness (QED) is 0.631. The van der Waals surface area contributed by atoms with Crippen molar-refractivity contribution in [2.75, 3.05) is 6.61 Å². The van der Waals surface area contributed by atoms with Gasteiger partial charge in [0, 0.05) is 40.5 Å². The van der Waals surface area contributed by atoms with Gasteiger partial charge in [-0.1, -0.05) is 11.6 Å². The van der Waals surface area contributed by atoms with Gasteiger partial charge in [-0.3, -0.25) is 9.59 Å². The molecule has 8 heteroatoms. The van der Waals surface area contributed by atoms with Crippen molar-refractivity contribution in [1.29, 1.82) is 0 Å². The Bertz CT molecular complexity index is 945. The number of ketones is 1. The molecule has 3 rings (SSSR count). The molecule has 0 aliphatic carbocycles. The number of Topliss-reactive ketones (excluding diaryl/α,β-unsaturated/α-hetero) is 1. The number of esters is 1. The minimum atomic E-state index is -0.699. The second-order valence-electron chi connectivity index (χ2n) is 6.19. The summed E-state index contributed by atoms with van der Waals surface area (Å²) in [6.45, 7) is 3.33. The lowest BCUT2D eigenvalue weighted by Crippen LogP contribution is -2.31. The number of hydrogen-bond acceptors (Lipinski definition) is 5. The normalized spacial score (nSPS) is 13.7. The summed E-state index contributed by atoms with van der Waals surface area (Å²) in [6, 6.07) is 9.06. The first-order valence-corrected chi connectivity index (χ1v) is 8.75. The van der Waals surface area contributed by atoms with E-state index in [1.54, 1.807) is 18.2 Å². The number of halogens is 1. The first kappa shape index (κ1) is 18.8. The van der Waals surface area contributed by atoms with Gasteiger partial charge in [-0.05, 0) is 44.2 Å². The standard InChI is InChI=1S/C19H18ClN3O4/c1-11-9-15(12(2)23(11)14-5-3-13(20)4-6-14)17(24)10-27-19(26)16-7-8-18(25)22-21-16/h3-6,9H,7-8,10H2,1-2H3,(H,22,25). The van der Waals surface area contributed by atoms with Crippen LogP contribution in [0.4, 0.5) is 0 Å². The Morgan fingerprint density at radius 2 is 1.93 bits per heavy atom. The summed E-state index contributed by atoms with van der Waals surface area (Å²) in [5.41, 5.74) is 5.32. The topological polar surface area (TPSA) is 89.8 Å². The molecule has 27 heavy (non-hydrogen) atoms. The summed E-state index contributed by atoms with van der Waals surface area (Å²) in [6.07, 6.45) is 0.369. The van der Waals surface area contributed by atoms with Crippen LogP contribution in [0, 0.1) is 13.8 Å². The van der Waals surface area contributed by atoms with E-state index < -0.39 is 12.6 Å². The van der Waals surface area contributed by atoms with Crippen molar-refractivity contribution in [2.45, 2.75) is 26.7 Å². The predicted octanol–water partition coefficient (Wildman–Crippen LogP) is 2.74. The first-order valence-electron chi connectivity index (χ1n) is 8.37. The van der Waals surface area contributed by atoms with Crippen molar-refractivity contribution in [3.8, 4) is 5.69 Å². The molecular formula is C19H18ClN3O4. The lowest BCUT2D eigenvalue weighted by molar-refractivity contribution is -0.134. The summed E-state index contributed by atoms with van der Waals surface area (Å²) in [5, 5.41) is 4.29. The third-order valence-electron chi connectivity index (χ3n) is 4.29. The number of ether oxygens (including phenoxy) is 1. The molecule has 0 bridgehead atoms. The largest absolute Gasteiger partial charge is 0.453 e. The molecule has 0 atom stereocenters. The summed E-state index contributed by atoms with van der Waals surface area (Å²) in [7, 11) is 0. The molecule has 140 valence electrons. The van der Waals surface area contributed by atoms with Crippen LogP contribution < -0.4 is 5.43 Å². The molecule has 2 aromatic rings. The molecule has 0 saturated heterocycles. The van der Waals surface area contributed by atoms with E-state index in [1.807, 2.05) is 30.5 Å². The zero-order valence-electron chi connectivity index (χ0n) is 14.9. The Hall–Kier alpha value is -2.93. The van der Waals surface area contributed by atoms with Gasteiger partial charge in [0.25, 0.3) is 0 Å². The number of aryl methyl sites for hydroxylation is 1. The molecule has 1 aromatic heterocycles. The minimum Gasteiger partial charge on any atom is -0.453 e. The van der Waals surface area contributed by atoms with Crippen LogP contribution in [0.1, 0.15) is 34.6 Å². The number of benzene rings is 1. The molecule has 0 unspecified atom stereocenters. The fourth-order valence-electron chi connectivity index (χ4n) is 2.95. The van der Waals surface area contributed by atoms with Crippen LogP contribution in [-0.4, -0.2) is 34.5 Å². The Morgan fingerprint density at radius 3 is 2.56 bits per heavy atom. The van der Waals surface area contributed by atoms with Gasteiger partial charge in [-0.2, -0.15) is 5.10 Å². The van der Waals surface area contributed by atoms with Gasteiger partial charge in [-0.25, -0.2) is 10.2 Å². The molecule has 0 fully saturated rings. The maximum atomic E-state index is 12.5. The third-order valence-corrected chi connectivity index (χ3v) is 4.54. The molecule has 2 heterocycles. The van der Waals surface area contributed by atoms with Crippen molar-refractivity contribution in [3.05, 3.63) is 52.3 Å². The Kier molecular flexibility index (Phi) is 5.41. The number of nitrogens with one attached hydrogen (secondary N) is 1. The van der Waals surface area contributed by atoms with Gasteiger partial charge in [0.15, 0.2) is 6.61 Å². The Balaban J connectivity index is 1.72. The molecular weight excluding hydrogens is 370 g/mol. The molecule has 0 radical (unpaired) electrons. The zero-order valence-corrected chi connectivity index (χ0v) is 15.7. The van der Waals surface area contributed by atoms with Crippen molar-refractivity contribution >= 4 is 35.0 Å². The number of hydrogen-bond donors (Lipinski definition) is 1. The highest BCUT2D eigenvalue weighted by Crippen LogP contribution is 2.22. The third kappa shape index (κ3) is 4.09. The molecule has 0 saturated carbocycles. The van der Waals surface area contributed by atoms with E-state index in [0.29, 0.717) is 10.6 Å². The smallest absolute Gasteiger partial charge is 0.354 e. The summed E-state index contributed by atoms with van der Waals surface area (Å²) >= 11 is 5.93. The number of hydrazone groups is 1. The Labute approximate surface area is 161 Å². The average molecular weight is 388 g/mol. The van der Waals surface area contributed by atoms with E-state index >= 15 is 0 Å². The van der Waals surface area contributed by atoms with Gasteiger partial charge >= 0.3 is 5.97 Å². The molecule has 1 aromatic carbocycles. The van der Waals surface area contributed by atoms with Crippen molar-refractivity contribution in [2.24, 2.45) is 5.10 Å². The second-order valence-corrected chi connectivity index (χ2v) is 6.63. The predicted molar refractivity (Wildman–Crippen MR) is 100 cm³/mol. The molecule has 1 N–H and O–H groups in total. The maximum absolute atomic E-state index is 12.5. The minimum absolute atomic E-state index is 0.106. The fraction of sp³-hybridized carbons (Fsp3) is 0.263. The van der Waals surface area contributed by atoms with E-state index in [9.17, 15) is 14.4 Å². The second kappa shape index (κ2) is 7.75. The highest BCUT2D eigenvalue weighted by molar-refractivity contribution is 6.37. The van der Waals surface area contributed by atoms with Crippen molar-refractivity contribution in [3.63, 3.8) is 0 Å². The Morgan fingerprint density at radius 1 is 1.22 bits per heavy atom. The van der Waals surface area contributed by atoms with Crippen LogP contribution in [0.25, 0.3) is 5.69 Å². The van der Waals surface area contributed by atoms with Crippen molar-refractivity contribution in [1.82, 2.24) is 9.99 Å². The number of aromatic nitrogens is 1. The van der Waals surface area contributed by atoms with Gasteiger partial charge < -0.3 is 9.30 Å². The van der Waals surface area contributed by atoms with Crippen LogP contribution in [0.2, 0.25) is 5.02 Å². The van der Waals surface area contributed by atoms with E-state index in [2.05, 4.69) is 10.5 Å². The van der Waals surface area contributed by atoms with Gasteiger partial charge in [0.05, 0.1) is 0 Å². The highest BCUT2D eigenvalue weighted by Gasteiger charge is 2.22. The summed E-state index contributed by atoms with van der Waals surface area (Å²) in [4.78, 5) is 35.6. The first-order chi connectivity index (χ1) is 12.9. The van der Waals surface area contributed by atoms with Crippen LogP contribution in [0.5, 0.6) is 0 Å². The number of amides is 1. The van der Waals surface area contributed by atoms with Gasteiger partial charge in [0.2, 0.25) is 11.7 Å². The van der Waals surface area contributed by atoms with E-state index in [1.165, 1.54) is 0 Å². The average Bonchev–Trinajstić information content (AvgIpc) is 2.95. The van der Waals surface area contributed by atoms with Gasteiger partial charge in [-0.15, -0.1) is 0 Å². The van der Waals surface area contributed by atoms with Crippen LogP contribution >= 0.6 is 11.6 Å². The lowest BCUT2D eigenvalue weighted by Gasteiger charge is -2.11. The van der Waals surface area contributed by atoms with Crippen LogP contribution in [-0.2, 0) is 14.3 Å². The molecule has 1 aliphatic heterocycles. The lowest BCUT2D eigenvalue weighted by atomic mass is 10.1. The fourth-order valence-corrected chi connectivity index (χ4v) is 3.07. The van der Waals surface area contributed by atoms with Crippen molar-refractivity contribution < 1.29 is 19.1 Å².